The molecule has 0 saturated heterocycles. The molecule has 0 aromatic carbocycles. The van der Waals surface area contributed by atoms with Gasteiger partial charge in [-0.2, -0.15) is 0 Å². The van der Waals surface area contributed by atoms with Gasteiger partial charge in [0.15, 0.2) is 0 Å². The smallest absolute Gasteiger partial charge is 0.276 e. The molecule has 0 fully saturated rings. The monoisotopic (exact) mass is 282 g/mol. The summed E-state index contributed by atoms with van der Waals surface area (Å²) in [4.78, 5) is 14.6. The van der Waals surface area contributed by atoms with Crippen LogP contribution in [0.5, 0.6) is 0 Å². The average Bonchev–Trinajstić information content (AvgIpc) is 2.41. The summed E-state index contributed by atoms with van der Waals surface area (Å²) in [7, 11) is 1.68. The second-order valence-electron chi connectivity index (χ2n) is 4.85. The SMILES string of the molecule is CNc1cc([N+](=O)[O-])cc(NCCCOCC(C)C)n1. The molecule has 0 aliphatic rings. The Morgan fingerprint density at radius 2 is 2.10 bits per heavy atom. The van der Waals surface area contributed by atoms with Crippen LogP contribution in [0.2, 0.25) is 0 Å². The quantitative estimate of drug-likeness (QED) is 0.411. The van der Waals surface area contributed by atoms with Crippen molar-refractivity contribution in [1.82, 2.24) is 4.98 Å². The van der Waals surface area contributed by atoms with Crippen LogP contribution in [0, 0.1) is 16.0 Å². The van der Waals surface area contributed by atoms with Gasteiger partial charge in [-0.3, -0.25) is 10.1 Å². The molecular weight excluding hydrogens is 260 g/mol. The van der Waals surface area contributed by atoms with Gasteiger partial charge in [0.05, 0.1) is 17.1 Å². The summed E-state index contributed by atoms with van der Waals surface area (Å²) in [5, 5.41) is 16.7. The number of anilines is 2. The highest BCUT2D eigenvalue weighted by molar-refractivity contribution is 5.54. The standard InChI is InChI=1S/C13H22N4O3/c1-10(2)9-20-6-4-5-15-13-8-11(17(18)19)7-12(14-3)16-13/h7-8,10H,4-6,9H2,1-3H3,(H2,14,15,16). The first kappa shape index (κ1) is 16.2. The number of hydrogen-bond acceptors (Lipinski definition) is 6. The number of nitro groups is 1. The van der Waals surface area contributed by atoms with Crippen LogP contribution in [0.4, 0.5) is 17.3 Å². The van der Waals surface area contributed by atoms with E-state index in [1.165, 1.54) is 12.1 Å². The normalized spacial score (nSPS) is 10.6. The fourth-order valence-electron chi connectivity index (χ4n) is 1.55. The van der Waals surface area contributed by atoms with Crippen LogP contribution in [-0.2, 0) is 4.74 Å². The maximum Gasteiger partial charge on any atom is 0.276 e. The predicted octanol–water partition coefficient (Wildman–Crippen LogP) is 2.51. The molecule has 1 heterocycles. The van der Waals surface area contributed by atoms with Crippen LogP contribution < -0.4 is 10.6 Å². The lowest BCUT2D eigenvalue weighted by atomic mass is 10.2. The van der Waals surface area contributed by atoms with E-state index in [2.05, 4.69) is 29.5 Å². The minimum atomic E-state index is -0.431. The number of aromatic nitrogens is 1. The predicted molar refractivity (Wildman–Crippen MR) is 79.2 cm³/mol. The molecule has 2 N–H and O–H groups in total. The van der Waals surface area contributed by atoms with Crippen molar-refractivity contribution >= 4 is 17.3 Å². The number of rotatable bonds is 9. The molecule has 0 amide bonds. The minimum Gasteiger partial charge on any atom is -0.381 e. The number of nitrogens with zero attached hydrogens (tertiary/aromatic N) is 2. The highest BCUT2D eigenvalue weighted by Gasteiger charge is 2.10. The van der Waals surface area contributed by atoms with Crippen LogP contribution in [0.25, 0.3) is 0 Å². The average molecular weight is 282 g/mol. The fourth-order valence-corrected chi connectivity index (χ4v) is 1.55. The summed E-state index contributed by atoms with van der Waals surface area (Å²) in [5.41, 5.74) is 0.0166. The number of ether oxygens (including phenoxy) is 1. The summed E-state index contributed by atoms with van der Waals surface area (Å²) in [5.74, 6) is 1.49. The van der Waals surface area contributed by atoms with Crippen molar-refractivity contribution in [3.8, 4) is 0 Å². The first-order chi connectivity index (χ1) is 9.52. The maximum atomic E-state index is 10.8. The molecule has 0 unspecified atom stereocenters. The molecule has 0 aliphatic carbocycles. The van der Waals surface area contributed by atoms with Crippen LogP contribution in [-0.4, -0.2) is 36.7 Å². The summed E-state index contributed by atoms with van der Waals surface area (Å²) in [6.07, 6.45) is 0.825. The van der Waals surface area contributed by atoms with E-state index in [1.54, 1.807) is 7.05 Å². The van der Waals surface area contributed by atoms with Crippen molar-refractivity contribution in [3.05, 3.63) is 22.2 Å². The first-order valence-corrected chi connectivity index (χ1v) is 6.68. The van der Waals surface area contributed by atoms with Crippen molar-refractivity contribution in [2.45, 2.75) is 20.3 Å². The molecule has 0 spiro atoms. The highest BCUT2D eigenvalue weighted by atomic mass is 16.6. The molecule has 1 aromatic heterocycles. The van der Waals surface area contributed by atoms with Gasteiger partial charge < -0.3 is 15.4 Å². The molecule has 112 valence electrons. The second-order valence-corrected chi connectivity index (χ2v) is 4.85. The molecule has 0 radical (unpaired) electrons. The fraction of sp³-hybridized carbons (Fsp3) is 0.615. The Bertz CT molecular complexity index is 438. The molecule has 1 rings (SSSR count). The number of nitrogens with one attached hydrogen (secondary N) is 2. The van der Waals surface area contributed by atoms with Crippen LogP contribution in [0.15, 0.2) is 12.1 Å². The van der Waals surface area contributed by atoms with Crippen LogP contribution in [0.3, 0.4) is 0 Å². The zero-order valence-electron chi connectivity index (χ0n) is 12.2. The van der Waals surface area contributed by atoms with Gasteiger partial charge in [-0.15, -0.1) is 0 Å². The third kappa shape index (κ3) is 5.83. The number of pyridine rings is 1. The van der Waals surface area contributed by atoms with E-state index in [9.17, 15) is 10.1 Å². The van der Waals surface area contributed by atoms with Crippen molar-refractivity contribution < 1.29 is 9.66 Å². The topological polar surface area (TPSA) is 89.3 Å². The van der Waals surface area contributed by atoms with E-state index in [-0.39, 0.29) is 5.69 Å². The lowest BCUT2D eigenvalue weighted by Gasteiger charge is -2.09. The lowest BCUT2D eigenvalue weighted by molar-refractivity contribution is -0.384. The third-order valence-electron chi connectivity index (χ3n) is 2.50. The summed E-state index contributed by atoms with van der Waals surface area (Å²) < 4.78 is 5.46. The zero-order chi connectivity index (χ0) is 15.0. The molecule has 0 atom stereocenters. The van der Waals surface area contributed by atoms with Crippen molar-refractivity contribution in [3.63, 3.8) is 0 Å². The first-order valence-electron chi connectivity index (χ1n) is 6.68. The zero-order valence-corrected chi connectivity index (χ0v) is 12.2. The third-order valence-corrected chi connectivity index (χ3v) is 2.50. The van der Waals surface area contributed by atoms with Crippen LogP contribution >= 0.6 is 0 Å². The van der Waals surface area contributed by atoms with Gasteiger partial charge in [-0.1, -0.05) is 13.8 Å². The number of hydrogen-bond donors (Lipinski definition) is 2. The molecule has 0 saturated carbocycles. The summed E-state index contributed by atoms with van der Waals surface area (Å²) >= 11 is 0. The van der Waals surface area contributed by atoms with Gasteiger partial charge in [-0.25, -0.2) is 4.98 Å². The Balaban J connectivity index is 2.43. The van der Waals surface area contributed by atoms with Gasteiger partial charge >= 0.3 is 0 Å². The van der Waals surface area contributed by atoms with Gasteiger partial charge in [-0.05, 0) is 12.3 Å². The van der Waals surface area contributed by atoms with Gasteiger partial charge in [0.25, 0.3) is 5.69 Å². The minimum absolute atomic E-state index is 0.0166. The van der Waals surface area contributed by atoms with Crippen molar-refractivity contribution in [2.75, 3.05) is 37.4 Å². The van der Waals surface area contributed by atoms with Crippen LogP contribution in [0.1, 0.15) is 20.3 Å². The van der Waals surface area contributed by atoms with E-state index in [4.69, 9.17) is 4.74 Å². The lowest BCUT2D eigenvalue weighted by Crippen LogP contribution is -2.10. The van der Waals surface area contributed by atoms with E-state index >= 15 is 0 Å². The molecule has 0 aliphatic heterocycles. The maximum absolute atomic E-state index is 10.8. The van der Waals surface area contributed by atoms with Crippen molar-refractivity contribution in [1.29, 1.82) is 0 Å². The molecule has 0 bridgehead atoms. The Morgan fingerprint density at radius 1 is 1.40 bits per heavy atom. The largest absolute Gasteiger partial charge is 0.381 e. The summed E-state index contributed by atoms with van der Waals surface area (Å²) in [6.45, 7) is 6.28. The molecule has 7 nitrogen and oxygen atoms in total. The van der Waals surface area contributed by atoms with Gasteiger partial charge in [0, 0.05) is 26.8 Å². The molecular formula is C13H22N4O3. The van der Waals surface area contributed by atoms with E-state index in [0.29, 0.717) is 30.7 Å². The molecule has 20 heavy (non-hydrogen) atoms. The Labute approximate surface area is 118 Å². The Hall–Kier alpha value is -1.89. The van der Waals surface area contributed by atoms with Gasteiger partial charge in [0.2, 0.25) is 0 Å². The van der Waals surface area contributed by atoms with Crippen molar-refractivity contribution in [2.24, 2.45) is 5.92 Å². The van der Waals surface area contributed by atoms with E-state index in [1.807, 2.05) is 0 Å². The molecule has 7 heteroatoms. The summed E-state index contributed by atoms with van der Waals surface area (Å²) in [6, 6.07) is 2.83. The molecule has 1 aromatic rings. The Morgan fingerprint density at radius 3 is 2.70 bits per heavy atom. The second kappa shape index (κ2) is 8.31. The Kier molecular flexibility index (Phi) is 6.72. The van der Waals surface area contributed by atoms with E-state index in [0.717, 1.165) is 13.0 Å². The van der Waals surface area contributed by atoms with E-state index < -0.39 is 4.92 Å². The van der Waals surface area contributed by atoms with Gasteiger partial charge in [0.1, 0.15) is 11.6 Å². The highest BCUT2D eigenvalue weighted by Crippen LogP contribution is 2.20.